The normalized spacial score (nSPS) is 13.5. The van der Waals surface area contributed by atoms with Crippen LogP contribution in [-0.4, -0.2) is 22.1 Å². The van der Waals surface area contributed by atoms with Crippen LogP contribution in [0.2, 0.25) is 0 Å². The molecule has 0 aliphatic heterocycles. The van der Waals surface area contributed by atoms with Crippen LogP contribution in [0.4, 0.5) is 4.79 Å². The Morgan fingerprint density at radius 3 is 2.57 bits per heavy atom. The van der Waals surface area contributed by atoms with Gasteiger partial charge >= 0.3 is 11.7 Å². The Hall–Kier alpha value is -3.09. The number of carboxylic acid groups (broad SMARTS) is 1. The van der Waals surface area contributed by atoms with Gasteiger partial charge in [-0.25, -0.2) is 9.59 Å². The van der Waals surface area contributed by atoms with Gasteiger partial charge in [0.1, 0.15) is 17.1 Å². The lowest BCUT2D eigenvalue weighted by Crippen LogP contribution is -2.16. The number of amides is 1. The molecule has 3 N–H and O–H groups in total. The van der Waals surface area contributed by atoms with Crippen LogP contribution < -0.4 is 10.9 Å². The number of aromatic hydroxyl groups is 1. The van der Waals surface area contributed by atoms with Gasteiger partial charge in [0.2, 0.25) is 0 Å². The first kappa shape index (κ1) is 24.9. The van der Waals surface area contributed by atoms with E-state index in [2.05, 4.69) is 12.2 Å². The highest BCUT2D eigenvalue weighted by molar-refractivity contribution is 6.09. The van der Waals surface area contributed by atoms with E-state index in [0.29, 0.717) is 18.4 Å². The monoisotopic (exact) mass is 417 g/mol. The van der Waals surface area contributed by atoms with Crippen molar-refractivity contribution >= 4 is 11.9 Å². The zero-order valence-electron chi connectivity index (χ0n) is 18.0. The molecule has 30 heavy (non-hydrogen) atoms. The van der Waals surface area contributed by atoms with E-state index in [0.717, 1.165) is 24.8 Å². The minimum absolute atomic E-state index is 0.206. The number of nitrogens with one attached hydrogen (secondary N) is 1. The van der Waals surface area contributed by atoms with Gasteiger partial charge in [0.05, 0.1) is 0 Å². The van der Waals surface area contributed by atoms with E-state index in [1.807, 2.05) is 19.9 Å². The second-order valence-electron chi connectivity index (χ2n) is 7.32. The van der Waals surface area contributed by atoms with Crippen LogP contribution in [-0.2, 0) is 0 Å². The standard InChI is InChI=1S/C23H31NO6/c1-5-6-9-15(2)11-12-17(4)21(26)20-18(25)14-19(30-22(20)27)16(3)10-7-8-13-24-23(28)29/h8,11-14,16,24-25H,5-7,9-10H2,1-4H3,(H,28,29). The first-order valence-corrected chi connectivity index (χ1v) is 10.1. The van der Waals surface area contributed by atoms with E-state index in [1.54, 1.807) is 19.1 Å². The molecule has 0 saturated heterocycles. The zero-order chi connectivity index (χ0) is 22.7. The number of carbonyl (C=O) groups excluding carboxylic acids is 1. The van der Waals surface area contributed by atoms with Gasteiger partial charge in [0.25, 0.3) is 0 Å². The number of Topliss-reactive ketones (excluding diaryl/α,β-unsaturated/α-hetero) is 1. The van der Waals surface area contributed by atoms with Gasteiger partial charge in [-0.1, -0.05) is 44.1 Å². The van der Waals surface area contributed by atoms with Crippen LogP contribution in [0, 0.1) is 0 Å². The first-order valence-electron chi connectivity index (χ1n) is 10.1. The summed E-state index contributed by atoms with van der Waals surface area (Å²) in [7, 11) is 0. The van der Waals surface area contributed by atoms with Crippen LogP contribution >= 0.6 is 0 Å². The fourth-order valence-corrected chi connectivity index (χ4v) is 2.73. The second kappa shape index (κ2) is 12.5. The van der Waals surface area contributed by atoms with Crippen LogP contribution in [0.15, 0.2) is 50.9 Å². The number of hydrogen-bond donors (Lipinski definition) is 3. The molecule has 0 bridgehead atoms. The third kappa shape index (κ3) is 8.11. The molecule has 0 fully saturated rings. The van der Waals surface area contributed by atoms with Gasteiger partial charge in [0.15, 0.2) is 5.78 Å². The van der Waals surface area contributed by atoms with E-state index < -0.39 is 23.3 Å². The van der Waals surface area contributed by atoms with Crippen molar-refractivity contribution in [3.05, 3.63) is 63.4 Å². The van der Waals surface area contributed by atoms with Gasteiger partial charge < -0.3 is 14.6 Å². The summed E-state index contributed by atoms with van der Waals surface area (Å²) in [5.41, 5.74) is 0.233. The number of hydrogen-bond acceptors (Lipinski definition) is 5. The summed E-state index contributed by atoms with van der Waals surface area (Å²) in [4.78, 5) is 35.3. The minimum Gasteiger partial charge on any atom is -0.507 e. The van der Waals surface area contributed by atoms with E-state index in [4.69, 9.17) is 9.52 Å². The van der Waals surface area contributed by atoms with Crippen LogP contribution in [0.3, 0.4) is 0 Å². The molecule has 164 valence electrons. The van der Waals surface area contributed by atoms with Gasteiger partial charge in [-0.3, -0.25) is 10.1 Å². The lowest BCUT2D eigenvalue weighted by Gasteiger charge is -2.11. The Morgan fingerprint density at radius 2 is 1.97 bits per heavy atom. The van der Waals surface area contributed by atoms with E-state index in [1.165, 1.54) is 12.3 Å². The maximum atomic E-state index is 12.6. The van der Waals surface area contributed by atoms with Gasteiger partial charge in [-0.15, -0.1) is 0 Å². The Bertz CT molecular complexity index is 891. The molecule has 0 aliphatic rings. The second-order valence-corrected chi connectivity index (χ2v) is 7.32. The van der Waals surface area contributed by atoms with E-state index in [9.17, 15) is 19.5 Å². The summed E-state index contributed by atoms with van der Waals surface area (Å²) in [5, 5.41) is 20.9. The average Bonchev–Trinajstić information content (AvgIpc) is 2.68. The lowest BCUT2D eigenvalue weighted by atomic mass is 9.99. The SMILES string of the molecule is CCCCC(C)=CC=C(C)C(=O)c1c(O)cc(C(C)CCC=CNC(=O)O)oc1=O. The third-order valence-electron chi connectivity index (χ3n) is 4.65. The largest absolute Gasteiger partial charge is 0.507 e. The van der Waals surface area contributed by atoms with E-state index >= 15 is 0 Å². The molecule has 1 aromatic rings. The highest BCUT2D eigenvalue weighted by atomic mass is 16.4. The molecule has 0 spiro atoms. The quantitative estimate of drug-likeness (QED) is 0.256. The first-order chi connectivity index (χ1) is 14.2. The van der Waals surface area contributed by atoms with Crippen molar-refractivity contribution in [2.45, 2.75) is 65.7 Å². The van der Waals surface area contributed by atoms with Crippen molar-refractivity contribution < 1.29 is 24.2 Å². The molecule has 7 heteroatoms. The Kier molecular flexibility index (Phi) is 10.4. The Morgan fingerprint density at radius 1 is 1.27 bits per heavy atom. The van der Waals surface area contributed by atoms with Crippen molar-refractivity contribution in [1.29, 1.82) is 0 Å². The van der Waals surface area contributed by atoms with Crippen molar-refractivity contribution in [2.75, 3.05) is 0 Å². The molecule has 0 aromatic carbocycles. The minimum atomic E-state index is -1.15. The molecule has 1 amide bonds. The molecule has 1 heterocycles. The fraction of sp³-hybridized carbons (Fsp3) is 0.435. The fourth-order valence-electron chi connectivity index (χ4n) is 2.73. The molecule has 7 nitrogen and oxygen atoms in total. The molecule has 1 rings (SSSR count). The molecule has 1 aromatic heterocycles. The number of unbranched alkanes of at least 4 members (excludes halogenated alkanes) is 1. The highest BCUT2D eigenvalue weighted by Gasteiger charge is 2.21. The molecular weight excluding hydrogens is 386 g/mol. The highest BCUT2D eigenvalue weighted by Crippen LogP contribution is 2.26. The number of allylic oxidation sites excluding steroid dienone is 5. The Labute approximate surface area is 176 Å². The molecule has 0 saturated carbocycles. The van der Waals surface area contributed by atoms with Crippen molar-refractivity contribution in [2.24, 2.45) is 0 Å². The number of carbonyl (C=O) groups is 2. The van der Waals surface area contributed by atoms with Gasteiger partial charge in [-0.05, 0) is 45.1 Å². The van der Waals surface area contributed by atoms with E-state index in [-0.39, 0.29) is 17.2 Å². The summed E-state index contributed by atoms with van der Waals surface area (Å²) >= 11 is 0. The summed E-state index contributed by atoms with van der Waals surface area (Å²) in [6.07, 6.45) is 9.52. The van der Waals surface area contributed by atoms with Gasteiger partial charge in [0, 0.05) is 18.2 Å². The average molecular weight is 418 g/mol. The predicted molar refractivity (Wildman–Crippen MR) is 116 cm³/mol. The molecule has 0 aliphatic carbocycles. The summed E-state index contributed by atoms with van der Waals surface area (Å²) < 4.78 is 5.28. The van der Waals surface area contributed by atoms with Crippen molar-refractivity contribution in [1.82, 2.24) is 5.32 Å². The predicted octanol–water partition coefficient (Wildman–Crippen LogP) is 5.28. The topological polar surface area (TPSA) is 117 Å². The smallest absolute Gasteiger partial charge is 0.408 e. The maximum Gasteiger partial charge on any atom is 0.408 e. The van der Waals surface area contributed by atoms with Crippen LogP contribution in [0.25, 0.3) is 0 Å². The summed E-state index contributed by atoms with van der Waals surface area (Å²) in [6, 6.07) is 1.30. The molecule has 0 radical (unpaired) electrons. The lowest BCUT2D eigenvalue weighted by molar-refractivity contribution is 0.102. The zero-order valence-corrected chi connectivity index (χ0v) is 18.0. The third-order valence-corrected chi connectivity index (χ3v) is 4.65. The molecular formula is C23H31NO6. The molecule has 1 atom stereocenters. The van der Waals surface area contributed by atoms with Crippen LogP contribution in [0.5, 0.6) is 5.75 Å². The van der Waals surface area contributed by atoms with Crippen LogP contribution in [0.1, 0.15) is 81.8 Å². The molecule has 1 unspecified atom stereocenters. The summed E-state index contributed by atoms with van der Waals surface area (Å²) in [6.45, 7) is 7.50. The van der Waals surface area contributed by atoms with Crippen molar-refractivity contribution in [3.63, 3.8) is 0 Å². The summed E-state index contributed by atoms with van der Waals surface area (Å²) in [5.74, 6) is -0.906. The van der Waals surface area contributed by atoms with Crippen molar-refractivity contribution in [3.8, 4) is 5.75 Å². The Balaban J connectivity index is 2.91. The number of rotatable bonds is 11. The number of ketones is 1. The van der Waals surface area contributed by atoms with Gasteiger partial charge in [-0.2, -0.15) is 0 Å². The maximum absolute atomic E-state index is 12.6.